The molecule has 23 heavy (non-hydrogen) atoms. The lowest BCUT2D eigenvalue weighted by Gasteiger charge is -2.16. The Kier molecular flexibility index (Phi) is 5.39. The molecule has 0 saturated heterocycles. The molecule has 0 atom stereocenters. The lowest BCUT2D eigenvalue weighted by Crippen LogP contribution is -2.25. The van der Waals surface area contributed by atoms with Gasteiger partial charge in [0.25, 0.3) is 5.56 Å². The first-order valence-electron chi connectivity index (χ1n) is 8.11. The van der Waals surface area contributed by atoms with E-state index in [1.807, 2.05) is 10.6 Å². The Labute approximate surface area is 138 Å². The first-order valence-corrected chi connectivity index (χ1v) is 8.11. The molecular weight excluding hydrogens is 284 g/mol. The first kappa shape index (κ1) is 17.0. The van der Waals surface area contributed by atoms with Crippen molar-refractivity contribution in [3.8, 4) is 17.3 Å². The van der Waals surface area contributed by atoms with Gasteiger partial charge in [-0.05, 0) is 55.0 Å². The summed E-state index contributed by atoms with van der Waals surface area (Å²) in [5, 5.41) is 8.91. The second-order valence-electron chi connectivity index (χ2n) is 6.52. The molecule has 0 aliphatic carbocycles. The number of aryl methyl sites for hydroxylation is 2. The second-order valence-corrected chi connectivity index (χ2v) is 6.52. The van der Waals surface area contributed by atoms with Crippen LogP contribution in [0.2, 0.25) is 0 Å². The highest BCUT2D eigenvalue weighted by Crippen LogP contribution is 2.22. The molecule has 0 aliphatic rings. The van der Waals surface area contributed by atoms with Crippen molar-refractivity contribution in [2.24, 2.45) is 5.92 Å². The SMILES string of the molecule is Cc1ccc(-c2ccc(CC#N)c(=O)n2CCC(C)C)cc1C. The maximum absolute atomic E-state index is 12.7. The maximum Gasteiger partial charge on any atom is 0.255 e. The molecular formula is C20H24N2O. The minimum absolute atomic E-state index is 0.0390. The third kappa shape index (κ3) is 3.90. The molecule has 0 bridgehead atoms. The summed E-state index contributed by atoms with van der Waals surface area (Å²) in [6, 6.07) is 12.1. The highest BCUT2D eigenvalue weighted by Gasteiger charge is 2.11. The molecule has 2 rings (SSSR count). The van der Waals surface area contributed by atoms with Crippen LogP contribution in [0, 0.1) is 31.1 Å². The monoisotopic (exact) mass is 308 g/mol. The average Bonchev–Trinajstić information content (AvgIpc) is 2.51. The Morgan fingerprint density at radius 3 is 2.48 bits per heavy atom. The number of hydrogen-bond donors (Lipinski definition) is 0. The standard InChI is InChI=1S/C20H24N2O/c1-14(2)10-12-22-19(8-7-17(9-11-21)20(22)23)18-6-5-15(3)16(4)13-18/h5-8,13-14H,9-10,12H2,1-4H3. The van der Waals surface area contributed by atoms with E-state index in [4.69, 9.17) is 5.26 Å². The van der Waals surface area contributed by atoms with E-state index in [0.717, 1.165) is 17.7 Å². The summed E-state index contributed by atoms with van der Waals surface area (Å²) in [7, 11) is 0. The van der Waals surface area contributed by atoms with Crippen molar-refractivity contribution in [1.82, 2.24) is 4.57 Å². The Morgan fingerprint density at radius 2 is 1.87 bits per heavy atom. The van der Waals surface area contributed by atoms with Crippen molar-refractivity contribution in [2.75, 3.05) is 0 Å². The molecule has 120 valence electrons. The zero-order valence-electron chi connectivity index (χ0n) is 14.4. The fourth-order valence-corrected chi connectivity index (χ4v) is 2.61. The number of aromatic nitrogens is 1. The van der Waals surface area contributed by atoms with Crippen LogP contribution in [-0.4, -0.2) is 4.57 Å². The third-order valence-electron chi connectivity index (χ3n) is 4.26. The van der Waals surface area contributed by atoms with Crippen molar-refractivity contribution in [3.63, 3.8) is 0 Å². The summed E-state index contributed by atoms with van der Waals surface area (Å²) in [5.41, 5.74) is 4.97. The second kappa shape index (κ2) is 7.28. The fourth-order valence-electron chi connectivity index (χ4n) is 2.61. The van der Waals surface area contributed by atoms with E-state index in [-0.39, 0.29) is 12.0 Å². The van der Waals surface area contributed by atoms with E-state index in [0.29, 0.717) is 18.0 Å². The van der Waals surface area contributed by atoms with Crippen LogP contribution >= 0.6 is 0 Å². The smallest absolute Gasteiger partial charge is 0.255 e. The van der Waals surface area contributed by atoms with Gasteiger partial charge in [0.05, 0.1) is 18.2 Å². The summed E-state index contributed by atoms with van der Waals surface area (Å²) < 4.78 is 1.83. The summed E-state index contributed by atoms with van der Waals surface area (Å²) in [5.74, 6) is 0.522. The van der Waals surface area contributed by atoms with Crippen molar-refractivity contribution in [2.45, 2.75) is 47.1 Å². The van der Waals surface area contributed by atoms with Crippen molar-refractivity contribution in [3.05, 3.63) is 57.4 Å². The minimum atomic E-state index is -0.0390. The third-order valence-corrected chi connectivity index (χ3v) is 4.26. The molecule has 1 aromatic heterocycles. The Morgan fingerprint density at radius 1 is 1.13 bits per heavy atom. The Balaban J connectivity index is 2.57. The van der Waals surface area contributed by atoms with E-state index in [1.54, 1.807) is 6.07 Å². The number of benzene rings is 1. The van der Waals surface area contributed by atoms with Gasteiger partial charge in [0.1, 0.15) is 0 Å². The molecule has 3 nitrogen and oxygen atoms in total. The lowest BCUT2D eigenvalue weighted by molar-refractivity contribution is 0.509. The number of nitriles is 1. The summed E-state index contributed by atoms with van der Waals surface area (Å²) in [6.45, 7) is 9.15. The highest BCUT2D eigenvalue weighted by molar-refractivity contribution is 5.61. The van der Waals surface area contributed by atoms with E-state index < -0.39 is 0 Å². The maximum atomic E-state index is 12.7. The topological polar surface area (TPSA) is 45.8 Å². The van der Waals surface area contributed by atoms with Crippen LogP contribution in [0.15, 0.2) is 35.1 Å². The number of hydrogen-bond acceptors (Lipinski definition) is 2. The lowest BCUT2D eigenvalue weighted by atomic mass is 10.0. The molecule has 0 spiro atoms. The van der Waals surface area contributed by atoms with E-state index in [2.05, 4.69) is 52.0 Å². The van der Waals surface area contributed by atoms with Crippen LogP contribution in [0.4, 0.5) is 0 Å². The van der Waals surface area contributed by atoms with Crippen LogP contribution in [0.25, 0.3) is 11.3 Å². The molecule has 0 fully saturated rings. The van der Waals surface area contributed by atoms with Gasteiger partial charge < -0.3 is 4.57 Å². The highest BCUT2D eigenvalue weighted by atomic mass is 16.1. The molecule has 0 saturated carbocycles. The number of rotatable bonds is 5. The van der Waals surface area contributed by atoms with Gasteiger partial charge in [0.2, 0.25) is 0 Å². The summed E-state index contributed by atoms with van der Waals surface area (Å²) in [6.07, 6.45) is 1.10. The minimum Gasteiger partial charge on any atom is -0.308 e. The van der Waals surface area contributed by atoms with Gasteiger partial charge in [-0.1, -0.05) is 32.0 Å². The normalized spacial score (nSPS) is 10.8. The van der Waals surface area contributed by atoms with Gasteiger partial charge in [-0.3, -0.25) is 4.79 Å². The molecule has 1 aromatic carbocycles. The van der Waals surface area contributed by atoms with Crippen LogP contribution in [0.3, 0.4) is 0 Å². The van der Waals surface area contributed by atoms with Crippen LogP contribution in [0.1, 0.15) is 37.0 Å². The zero-order valence-corrected chi connectivity index (χ0v) is 14.4. The first-order chi connectivity index (χ1) is 10.9. The van der Waals surface area contributed by atoms with Crippen LogP contribution in [-0.2, 0) is 13.0 Å². The molecule has 2 aromatic rings. The van der Waals surface area contributed by atoms with E-state index >= 15 is 0 Å². The van der Waals surface area contributed by atoms with Gasteiger partial charge in [0.15, 0.2) is 0 Å². The van der Waals surface area contributed by atoms with Gasteiger partial charge in [-0.25, -0.2) is 0 Å². The average molecular weight is 308 g/mol. The summed E-state index contributed by atoms with van der Waals surface area (Å²) >= 11 is 0. The Bertz CT molecular complexity index is 794. The Hall–Kier alpha value is -2.34. The van der Waals surface area contributed by atoms with E-state index in [1.165, 1.54) is 11.1 Å². The summed E-state index contributed by atoms with van der Waals surface area (Å²) in [4.78, 5) is 12.7. The van der Waals surface area contributed by atoms with Crippen LogP contribution in [0.5, 0.6) is 0 Å². The molecule has 0 N–H and O–H groups in total. The molecule has 0 unspecified atom stereocenters. The van der Waals surface area contributed by atoms with Gasteiger partial charge >= 0.3 is 0 Å². The van der Waals surface area contributed by atoms with Crippen molar-refractivity contribution < 1.29 is 0 Å². The molecule has 0 amide bonds. The molecule has 0 aliphatic heterocycles. The van der Waals surface area contributed by atoms with Gasteiger partial charge in [-0.2, -0.15) is 5.26 Å². The predicted molar refractivity (Wildman–Crippen MR) is 94.4 cm³/mol. The quantitative estimate of drug-likeness (QED) is 0.829. The number of nitrogens with zero attached hydrogens (tertiary/aromatic N) is 2. The van der Waals surface area contributed by atoms with Gasteiger partial charge in [-0.15, -0.1) is 0 Å². The molecule has 0 radical (unpaired) electrons. The predicted octanol–water partition coefficient (Wildman–Crippen LogP) is 4.24. The zero-order chi connectivity index (χ0) is 17.0. The number of pyridine rings is 1. The largest absolute Gasteiger partial charge is 0.308 e. The van der Waals surface area contributed by atoms with Crippen molar-refractivity contribution in [1.29, 1.82) is 5.26 Å². The molecule has 3 heteroatoms. The molecule has 1 heterocycles. The van der Waals surface area contributed by atoms with E-state index in [9.17, 15) is 4.79 Å². The fraction of sp³-hybridized carbons (Fsp3) is 0.400. The van der Waals surface area contributed by atoms with Crippen molar-refractivity contribution >= 4 is 0 Å². The van der Waals surface area contributed by atoms with Gasteiger partial charge in [0, 0.05) is 12.1 Å². The van der Waals surface area contributed by atoms with Crippen LogP contribution < -0.4 is 5.56 Å².